The number of nitrogens with one attached hydrogen (secondary N) is 1. The third-order valence-electron chi connectivity index (χ3n) is 3.64. The second-order valence-electron chi connectivity index (χ2n) is 5.75. The molecular formula is C14H22N2O2. The van der Waals surface area contributed by atoms with Gasteiger partial charge in [0.25, 0.3) is 0 Å². The van der Waals surface area contributed by atoms with Crippen molar-refractivity contribution in [2.24, 2.45) is 11.8 Å². The van der Waals surface area contributed by atoms with E-state index in [9.17, 15) is 9.59 Å². The van der Waals surface area contributed by atoms with Gasteiger partial charge in [0.2, 0.25) is 11.8 Å². The van der Waals surface area contributed by atoms with Gasteiger partial charge in [-0.1, -0.05) is 19.9 Å². The van der Waals surface area contributed by atoms with E-state index in [-0.39, 0.29) is 23.9 Å². The molecule has 2 unspecified atom stereocenters. The SMILES string of the molecule is C=CCN1C(=O)C(C2CC2)NC(=O)C1CC(C)C. The maximum atomic E-state index is 12.4. The molecule has 1 saturated heterocycles. The van der Waals surface area contributed by atoms with Gasteiger partial charge in [0.1, 0.15) is 12.1 Å². The lowest BCUT2D eigenvalue weighted by molar-refractivity contribution is -0.149. The Morgan fingerprint density at radius 2 is 2.11 bits per heavy atom. The topological polar surface area (TPSA) is 49.4 Å². The van der Waals surface area contributed by atoms with Crippen LogP contribution in [0.2, 0.25) is 0 Å². The lowest BCUT2D eigenvalue weighted by atomic mass is 9.96. The maximum Gasteiger partial charge on any atom is 0.246 e. The molecule has 2 fully saturated rings. The number of carbonyl (C=O) groups is 2. The highest BCUT2D eigenvalue weighted by molar-refractivity contribution is 5.97. The van der Waals surface area contributed by atoms with E-state index in [0.29, 0.717) is 24.8 Å². The predicted octanol–water partition coefficient (Wildman–Crippen LogP) is 1.32. The van der Waals surface area contributed by atoms with Crippen molar-refractivity contribution in [3.8, 4) is 0 Å². The minimum absolute atomic E-state index is 0.00190. The maximum absolute atomic E-state index is 12.4. The highest BCUT2D eigenvalue weighted by Crippen LogP contribution is 2.35. The summed E-state index contributed by atoms with van der Waals surface area (Å²) in [6.45, 7) is 8.29. The molecule has 0 aromatic rings. The van der Waals surface area contributed by atoms with Crippen LogP contribution in [0, 0.1) is 11.8 Å². The second-order valence-corrected chi connectivity index (χ2v) is 5.75. The third kappa shape index (κ3) is 2.57. The molecule has 0 radical (unpaired) electrons. The fourth-order valence-electron chi connectivity index (χ4n) is 2.57. The largest absolute Gasteiger partial charge is 0.342 e. The van der Waals surface area contributed by atoms with Crippen LogP contribution in [-0.2, 0) is 9.59 Å². The van der Waals surface area contributed by atoms with Crippen molar-refractivity contribution in [2.75, 3.05) is 6.54 Å². The smallest absolute Gasteiger partial charge is 0.246 e. The molecule has 2 atom stereocenters. The number of carbonyl (C=O) groups excluding carboxylic acids is 2. The number of amides is 2. The predicted molar refractivity (Wildman–Crippen MR) is 69.8 cm³/mol. The lowest BCUT2D eigenvalue weighted by Gasteiger charge is -2.39. The molecule has 0 aromatic carbocycles. The van der Waals surface area contributed by atoms with Crippen molar-refractivity contribution in [2.45, 2.75) is 45.2 Å². The zero-order valence-corrected chi connectivity index (χ0v) is 11.2. The molecule has 100 valence electrons. The van der Waals surface area contributed by atoms with E-state index in [4.69, 9.17) is 0 Å². The number of nitrogens with zero attached hydrogens (tertiary/aromatic N) is 1. The summed E-state index contributed by atoms with van der Waals surface area (Å²) in [5, 5.41) is 2.91. The van der Waals surface area contributed by atoms with E-state index in [1.807, 2.05) is 0 Å². The first-order chi connectivity index (χ1) is 8.54. The van der Waals surface area contributed by atoms with E-state index < -0.39 is 0 Å². The summed E-state index contributed by atoms with van der Waals surface area (Å²) in [6.07, 6.45) is 4.51. The molecule has 0 spiro atoms. The Morgan fingerprint density at radius 3 is 2.61 bits per heavy atom. The lowest BCUT2D eigenvalue weighted by Crippen LogP contribution is -2.64. The van der Waals surface area contributed by atoms with Crippen LogP contribution < -0.4 is 5.32 Å². The summed E-state index contributed by atoms with van der Waals surface area (Å²) in [4.78, 5) is 26.3. The minimum atomic E-state index is -0.328. The molecule has 0 aromatic heterocycles. The zero-order valence-electron chi connectivity index (χ0n) is 11.2. The standard InChI is InChI=1S/C14H22N2O2/c1-4-7-16-11(8-9(2)3)13(17)15-12(14(16)18)10-5-6-10/h4,9-12H,1,5-8H2,2-3H3,(H,15,17). The van der Waals surface area contributed by atoms with Gasteiger partial charge >= 0.3 is 0 Å². The van der Waals surface area contributed by atoms with Crippen LogP contribution in [0.5, 0.6) is 0 Å². The Kier molecular flexibility index (Phi) is 3.73. The number of rotatable bonds is 5. The minimum Gasteiger partial charge on any atom is -0.342 e. The summed E-state index contributed by atoms with van der Waals surface area (Å²) in [5.74, 6) is 0.816. The van der Waals surface area contributed by atoms with Crippen LogP contribution in [0.25, 0.3) is 0 Å². The first-order valence-corrected chi connectivity index (χ1v) is 6.76. The van der Waals surface area contributed by atoms with Gasteiger partial charge in [-0.3, -0.25) is 9.59 Å². The van der Waals surface area contributed by atoms with Gasteiger partial charge in [0.15, 0.2) is 0 Å². The molecule has 2 rings (SSSR count). The van der Waals surface area contributed by atoms with Crippen molar-refractivity contribution in [1.29, 1.82) is 0 Å². The van der Waals surface area contributed by atoms with Gasteiger partial charge in [-0.05, 0) is 31.1 Å². The molecule has 18 heavy (non-hydrogen) atoms. The van der Waals surface area contributed by atoms with Crippen molar-refractivity contribution < 1.29 is 9.59 Å². The highest BCUT2D eigenvalue weighted by atomic mass is 16.2. The van der Waals surface area contributed by atoms with Crippen LogP contribution in [0.4, 0.5) is 0 Å². The molecule has 1 aliphatic carbocycles. The molecule has 4 nitrogen and oxygen atoms in total. The van der Waals surface area contributed by atoms with Crippen molar-refractivity contribution in [3.63, 3.8) is 0 Å². The normalized spacial score (nSPS) is 28.5. The van der Waals surface area contributed by atoms with E-state index in [0.717, 1.165) is 12.8 Å². The summed E-state index contributed by atoms with van der Waals surface area (Å²) in [5.41, 5.74) is 0. The molecule has 0 bridgehead atoms. The summed E-state index contributed by atoms with van der Waals surface area (Å²) in [7, 11) is 0. The van der Waals surface area contributed by atoms with E-state index in [2.05, 4.69) is 25.7 Å². The average Bonchev–Trinajstić information content (AvgIpc) is 3.11. The van der Waals surface area contributed by atoms with Gasteiger partial charge in [0.05, 0.1) is 0 Å². The highest BCUT2D eigenvalue weighted by Gasteiger charge is 2.46. The van der Waals surface area contributed by atoms with Crippen molar-refractivity contribution in [1.82, 2.24) is 10.2 Å². The monoisotopic (exact) mass is 250 g/mol. The molecule has 2 amide bonds. The summed E-state index contributed by atoms with van der Waals surface area (Å²) in [6, 6.07) is -0.619. The van der Waals surface area contributed by atoms with Crippen LogP contribution >= 0.6 is 0 Å². The Hall–Kier alpha value is -1.32. The van der Waals surface area contributed by atoms with E-state index >= 15 is 0 Å². The van der Waals surface area contributed by atoms with Crippen LogP contribution in [0.15, 0.2) is 12.7 Å². The zero-order chi connectivity index (χ0) is 13.3. The van der Waals surface area contributed by atoms with Gasteiger partial charge in [-0.25, -0.2) is 0 Å². The van der Waals surface area contributed by atoms with E-state index in [1.165, 1.54) is 0 Å². The Balaban J connectivity index is 2.15. The fraction of sp³-hybridized carbons (Fsp3) is 0.714. The van der Waals surface area contributed by atoms with Crippen LogP contribution in [0.3, 0.4) is 0 Å². The van der Waals surface area contributed by atoms with Gasteiger partial charge in [-0.15, -0.1) is 6.58 Å². The Labute approximate surface area is 108 Å². The van der Waals surface area contributed by atoms with Crippen molar-refractivity contribution in [3.05, 3.63) is 12.7 Å². The van der Waals surface area contributed by atoms with E-state index in [1.54, 1.807) is 11.0 Å². The first-order valence-electron chi connectivity index (χ1n) is 6.76. The number of piperazine rings is 1. The average molecular weight is 250 g/mol. The second kappa shape index (κ2) is 5.12. The van der Waals surface area contributed by atoms with Crippen molar-refractivity contribution >= 4 is 11.8 Å². The first kappa shape index (κ1) is 13.1. The summed E-state index contributed by atoms with van der Waals surface area (Å²) >= 11 is 0. The third-order valence-corrected chi connectivity index (χ3v) is 3.64. The molecule has 1 aliphatic heterocycles. The molecule has 1 N–H and O–H groups in total. The molecule has 1 saturated carbocycles. The number of hydrogen-bond acceptors (Lipinski definition) is 2. The van der Waals surface area contributed by atoms with Gasteiger partial charge < -0.3 is 10.2 Å². The fourth-order valence-corrected chi connectivity index (χ4v) is 2.57. The quantitative estimate of drug-likeness (QED) is 0.748. The van der Waals surface area contributed by atoms with Crippen LogP contribution in [0.1, 0.15) is 33.1 Å². The Morgan fingerprint density at radius 1 is 1.44 bits per heavy atom. The molecule has 2 aliphatic rings. The van der Waals surface area contributed by atoms with Gasteiger partial charge in [0, 0.05) is 6.54 Å². The number of hydrogen-bond donors (Lipinski definition) is 1. The molecule has 1 heterocycles. The molecule has 4 heteroatoms. The summed E-state index contributed by atoms with van der Waals surface area (Å²) < 4.78 is 0. The van der Waals surface area contributed by atoms with Crippen LogP contribution in [-0.4, -0.2) is 35.3 Å². The Bertz CT molecular complexity index is 361. The van der Waals surface area contributed by atoms with Gasteiger partial charge in [-0.2, -0.15) is 0 Å². The molecular weight excluding hydrogens is 228 g/mol.